The summed E-state index contributed by atoms with van der Waals surface area (Å²) in [7, 11) is 0. The maximum Gasteiger partial charge on any atom is 0.225 e. The van der Waals surface area contributed by atoms with Crippen LogP contribution in [0.5, 0.6) is 11.5 Å². The lowest BCUT2D eigenvalue weighted by Crippen LogP contribution is -1.99. The summed E-state index contributed by atoms with van der Waals surface area (Å²) in [4.78, 5) is 0. The molecule has 1 heterocycles. The van der Waals surface area contributed by atoms with E-state index >= 15 is 0 Å². The maximum atomic E-state index is 5.78. The van der Waals surface area contributed by atoms with Crippen molar-refractivity contribution in [2.45, 2.75) is 27.2 Å². The number of anilines is 1. The van der Waals surface area contributed by atoms with Gasteiger partial charge in [-0.05, 0) is 38.5 Å². The van der Waals surface area contributed by atoms with Gasteiger partial charge in [-0.2, -0.15) is 0 Å². The molecule has 0 aliphatic carbocycles. The first-order valence-electron chi connectivity index (χ1n) is 6.85. The Balaban J connectivity index is 2.44. The maximum absolute atomic E-state index is 5.78. The molecule has 0 radical (unpaired) electrons. The van der Waals surface area contributed by atoms with Gasteiger partial charge in [0.05, 0.1) is 13.2 Å². The molecule has 0 spiro atoms. The number of rotatable bonds is 6. The van der Waals surface area contributed by atoms with E-state index in [9.17, 15) is 0 Å². The first kappa shape index (κ1) is 14.2. The average Bonchev–Trinajstić information content (AvgIpc) is 2.82. The molecule has 2 aromatic rings. The molecule has 0 amide bonds. The van der Waals surface area contributed by atoms with Crippen LogP contribution in [0.1, 0.15) is 26.3 Å². The van der Waals surface area contributed by atoms with Gasteiger partial charge in [-0.15, -0.1) is 0 Å². The van der Waals surface area contributed by atoms with Gasteiger partial charge in [-0.3, -0.25) is 0 Å². The second kappa shape index (κ2) is 6.32. The molecule has 0 aliphatic heterocycles. The number of hydrogen-bond acceptors (Lipinski definition) is 5. The molecule has 0 saturated heterocycles. The lowest BCUT2D eigenvalue weighted by molar-refractivity contribution is 0.288. The van der Waals surface area contributed by atoms with E-state index in [0.717, 1.165) is 29.0 Å². The smallest absolute Gasteiger partial charge is 0.225 e. The van der Waals surface area contributed by atoms with Crippen molar-refractivity contribution in [3.8, 4) is 22.8 Å². The fourth-order valence-corrected chi connectivity index (χ4v) is 2.09. The van der Waals surface area contributed by atoms with Crippen LogP contribution in [0.15, 0.2) is 22.7 Å². The molecule has 5 heteroatoms. The van der Waals surface area contributed by atoms with E-state index in [-0.39, 0.29) is 0 Å². The molecule has 0 unspecified atom stereocenters. The van der Waals surface area contributed by atoms with Gasteiger partial charge in [-0.25, -0.2) is 0 Å². The van der Waals surface area contributed by atoms with E-state index in [4.69, 9.17) is 19.7 Å². The molecule has 2 N–H and O–H groups in total. The summed E-state index contributed by atoms with van der Waals surface area (Å²) in [5.41, 5.74) is 8.36. The number of hydrogen-bond donors (Lipinski definition) is 1. The number of nitrogens with two attached hydrogens (primary N) is 1. The number of nitrogen functional groups attached to an aromatic ring is 1. The minimum atomic E-state index is 0.370. The summed E-state index contributed by atoms with van der Waals surface area (Å²) in [6, 6.07) is 5.73. The van der Waals surface area contributed by atoms with Gasteiger partial charge in [0.1, 0.15) is 5.69 Å². The highest BCUT2D eigenvalue weighted by molar-refractivity contribution is 5.69. The highest BCUT2D eigenvalue weighted by Crippen LogP contribution is 2.35. The highest BCUT2D eigenvalue weighted by atomic mass is 16.5. The van der Waals surface area contributed by atoms with Gasteiger partial charge >= 0.3 is 0 Å². The van der Waals surface area contributed by atoms with Crippen LogP contribution in [0.25, 0.3) is 11.3 Å². The van der Waals surface area contributed by atoms with E-state index in [1.54, 1.807) is 0 Å². The summed E-state index contributed by atoms with van der Waals surface area (Å²) in [5, 5.41) is 4.04. The summed E-state index contributed by atoms with van der Waals surface area (Å²) < 4.78 is 16.2. The van der Waals surface area contributed by atoms with Crippen molar-refractivity contribution in [1.29, 1.82) is 0 Å². The third-order valence-corrected chi connectivity index (χ3v) is 2.99. The number of nitrogens with zero attached hydrogens (tertiary/aromatic N) is 1. The van der Waals surface area contributed by atoms with E-state index < -0.39 is 0 Å². The molecule has 0 fully saturated rings. The molecular formula is C15H20N2O3. The number of aromatic nitrogens is 1. The van der Waals surface area contributed by atoms with Crippen molar-refractivity contribution in [1.82, 2.24) is 5.16 Å². The van der Waals surface area contributed by atoms with Crippen LogP contribution in [0.2, 0.25) is 0 Å². The molecule has 0 saturated carbocycles. The average molecular weight is 276 g/mol. The molecule has 0 bridgehead atoms. The predicted octanol–water partition coefficient (Wildman–Crippen LogP) is 3.28. The number of benzene rings is 1. The van der Waals surface area contributed by atoms with E-state index in [2.05, 4.69) is 5.16 Å². The van der Waals surface area contributed by atoms with Gasteiger partial charge in [-0.1, -0.05) is 12.1 Å². The van der Waals surface area contributed by atoms with Crippen LogP contribution in [0.4, 0.5) is 5.88 Å². The summed E-state index contributed by atoms with van der Waals surface area (Å²) in [6.45, 7) is 7.07. The molecule has 0 atom stereocenters. The zero-order chi connectivity index (χ0) is 14.5. The summed E-state index contributed by atoms with van der Waals surface area (Å²) in [5.74, 6) is 1.80. The fraction of sp³-hybridized carbons (Fsp3) is 0.400. The van der Waals surface area contributed by atoms with Crippen molar-refractivity contribution in [3.05, 3.63) is 23.8 Å². The van der Waals surface area contributed by atoms with Crippen LogP contribution in [0, 0.1) is 0 Å². The van der Waals surface area contributed by atoms with Crippen molar-refractivity contribution < 1.29 is 14.0 Å². The minimum absolute atomic E-state index is 0.370. The van der Waals surface area contributed by atoms with Gasteiger partial charge < -0.3 is 19.7 Å². The Labute approximate surface area is 118 Å². The van der Waals surface area contributed by atoms with Crippen molar-refractivity contribution in [2.24, 2.45) is 0 Å². The lowest BCUT2D eigenvalue weighted by Gasteiger charge is -2.12. The Morgan fingerprint density at radius 3 is 2.45 bits per heavy atom. The van der Waals surface area contributed by atoms with E-state index in [1.165, 1.54) is 0 Å². The summed E-state index contributed by atoms with van der Waals surface area (Å²) in [6.07, 6.45) is 0.766. The van der Waals surface area contributed by atoms with E-state index in [1.807, 2.05) is 39.0 Å². The Hall–Kier alpha value is -2.17. The predicted molar refractivity (Wildman–Crippen MR) is 78.1 cm³/mol. The molecule has 20 heavy (non-hydrogen) atoms. The standard InChI is InChI=1S/C15H20N2O3/c1-4-11-14(17-20-15(11)16)10-7-8-12(18-5-2)13(9-10)19-6-3/h7-9H,4-6,16H2,1-3H3. The van der Waals surface area contributed by atoms with Crippen LogP contribution < -0.4 is 15.2 Å². The Morgan fingerprint density at radius 2 is 1.80 bits per heavy atom. The second-order valence-corrected chi connectivity index (χ2v) is 4.26. The van der Waals surface area contributed by atoms with Crippen molar-refractivity contribution in [3.63, 3.8) is 0 Å². The Morgan fingerprint density at radius 1 is 1.10 bits per heavy atom. The number of ether oxygens (including phenoxy) is 2. The molecule has 5 nitrogen and oxygen atoms in total. The molecule has 0 aliphatic rings. The third-order valence-electron chi connectivity index (χ3n) is 2.99. The van der Waals surface area contributed by atoms with Crippen LogP contribution >= 0.6 is 0 Å². The van der Waals surface area contributed by atoms with Gasteiger partial charge in [0.2, 0.25) is 5.88 Å². The van der Waals surface area contributed by atoms with E-state index in [0.29, 0.717) is 24.8 Å². The quantitative estimate of drug-likeness (QED) is 0.876. The molecular weight excluding hydrogens is 256 g/mol. The highest BCUT2D eigenvalue weighted by Gasteiger charge is 2.16. The van der Waals surface area contributed by atoms with Gasteiger partial charge in [0, 0.05) is 11.1 Å². The fourth-order valence-electron chi connectivity index (χ4n) is 2.09. The van der Waals surface area contributed by atoms with Crippen LogP contribution in [0.3, 0.4) is 0 Å². The van der Waals surface area contributed by atoms with Crippen LogP contribution in [-0.2, 0) is 6.42 Å². The Kier molecular flexibility index (Phi) is 4.50. The summed E-state index contributed by atoms with van der Waals surface area (Å²) >= 11 is 0. The SMILES string of the molecule is CCOc1ccc(-c2noc(N)c2CC)cc1OCC. The lowest BCUT2D eigenvalue weighted by atomic mass is 10.1. The van der Waals surface area contributed by atoms with Gasteiger partial charge in [0.15, 0.2) is 11.5 Å². The normalized spacial score (nSPS) is 10.6. The third kappa shape index (κ3) is 2.71. The second-order valence-electron chi connectivity index (χ2n) is 4.26. The monoisotopic (exact) mass is 276 g/mol. The Bertz CT molecular complexity index is 578. The van der Waals surface area contributed by atoms with Crippen molar-refractivity contribution >= 4 is 5.88 Å². The molecule has 108 valence electrons. The molecule has 1 aromatic carbocycles. The van der Waals surface area contributed by atoms with Crippen LogP contribution in [-0.4, -0.2) is 18.4 Å². The molecule has 2 rings (SSSR count). The zero-order valence-corrected chi connectivity index (χ0v) is 12.1. The largest absolute Gasteiger partial charge is 0.490 e. The first-order valence-corrected chi connectivity index (χ1v) is 6.85. The topological polar surface area (TPSA) is 70.5 Å². The molecule has 1 aromatic heterocycles. The zero-order valence-electron chi connectivity index (χ0n) is 12.1. The first-order chi connectivity index (χ1) is 9.71. The minimum Gasteiger partial charge on any atom is -0.490 e. The van der Waals surface area contributed by atoms with Crippen molar-refractivity contribution in [2.75, 3.05) is 18.9 Å². The van der Waals surface area contributed by atoms with Gasteiger partial charge in [0.25, 0.3) is 0 Å².